The lowest BCUT2D eigenvalue weighted by molar-refractivity contribution is -0.110. The molecule has 3 rings (SSSR count). The van der Waals surface area contributed by atoms with Gasteiger partial charge in [-0.25, -0.2) is 0 Å². The lowest BCUT2D eigenvalue weighted by atomic mass is 9.81. The van der Waals surface area contributed by atoms with Gasteiger partial charge in [-0.3, -0.25) is 14.7 Å². The van der Waals surface area contributed by atoms with Crippen LogP contribution in [0, 0.1) is 5.92 Å². The summed E-state index contributed by atoms with van der Waals surface area (Å²) >= 11 is 6.27. The molecular weight excluding hydrogens is 454 g/mol. The predicted molar refractivity (Wildman–Crippen MR) is 150 cm³/mol. The number of anilines is 1. The summed E-state index contributed by atoms with van der Waals surface area (Å²) in [5.74, 6) is 0.532. The summed E-state index contributed by atoms with van der Waals surface area (Å²) in [6.07, 6.45) is 6.43. The zero-order valence-electron chi connectivity index (χ0n) is 21.9. The minimum absolute atomic E-state index is 0.186. The van der Waals surface area contributed by atoms with E-state index in [0.29, 0.717) is 11.6 Å². The van der Waals surface area contributed by atoms with Crippen LogP contribution in [0.3, 0.4) is 0 Å². The number of aliphatic imine (C=N–C) groups is 1. The van der Waals surface area contributed by atoms with Crippen LogP contribution in [0.4, 0.5) is 5.69 Å². The number of nitrogens with one attached hydrogen (secondary N) is 1. The summed E-state index contributed by atoms with van der Waals surface area (Å²) in [6.45, 7) is 12.0. The second-order valence-electron chi connectivity index (χ2n) is 10.0. The summed E-state index contributed by atoms with van der Waals surface area (Å²) in [6, 6.07) is 14.3. The maximum atomic E-state index is 13.1. The minimum atomic E-state index is -0.186. The molecule has 1 fully saturated rings. The number of nitrogens with zero attached hydrogens (tertiary/aromatic N) is 2. The van der Waals surface area contributed by atoms with Crippen molar-refractivity contribution in [2.45, 2.75) is 65.8 Å². The molecule has 1 aliphatic heterocycles. The first kappa shape index (κ1) is 27.2. The van der Waals surface area contributed by atoms with Gasteiger partial charge < -0.3 is 5.32 Å². The Hall–Kier alpha value is -2.43. The topological polar surface area (TPSA) is 44.7 Å². The Kier molecular flexibility index (Phi) is 10.1. The Balaban J connectivity index is 1.75. The number of amides is 1. The highest BCUT2D eigenvalue weighted by Gasteiger charge is 2.20. The van der Waals surface area contributed by atoms with Crippen LogP contribution in [0.15, 0.2) is 59.1 Å². The maximum Gasteiger partial charge on any atom is 0.273 e. The van der Waals surface area contributed by atoms with E-state index < -0.39 is 0 Å². The van der Waals surface area contributed by atoms with Gasteiger partial charge in [0.25, 0.3) is 5.91 Å². The number of hydrogen-bond donors (Lipinski definition) is 1. The van der Waals surface area contributed by atoms with Crippen LogP contribution < -0.4 is 5.32 Å². The molecule has 2 aromatic carbocycles. The fourth-order valence-corrected chi connectivity index (χ4v) is 5.08. The van der Waals surface area contributed by atoms with Crippen molar-refractivity contribution in [1.29, 1.82) is 0 Å². The number of allylic oxidation sites excluding steroid dienone is 1. The molecule has 1 N–H and O–H groups in total. The van der Waals surface area contributed by atoms with Gasteiger partial charge in [0, 0.05) is 30.2 Å². The molecule has 1 unspecified atom stereocenters. The van der Waals surface area contributed by atoms with Crippen LogP contribution in [-0.2, 0) is 17.8 Å². The van der Waals surface area contributed by atoms with Crippen molar-refractivity contribution in [3.8, 4) is 0 Å². The number of carbonyl (C=O) groups excluding carboxylic acids is 1. The first-order chi connectivity index (χ1) is 16.8. The molecule has 5 heteroatoms. The molecule has 0 radical (unpaired) electrons. The summed E-state index contributed by atoms with van der Waals surface area (Å²) in [5.41, 5.74) is 6.17. The summed E-state index contributed by atoms with van der Waals surface area (Å²) in [7, 11) is 1.68. The van der Waals surface area contributed by atoms with Crippen LogP contribution in [0.1, 0.15) is 69.6 Å². The van der Waals surface area contributed by atoms with Crippen molar-refractivity contribution in [1.82, 2.24) is 4.90 Å². The molecular formula is C30H40ClN3O. The number of carbonyl (C=O) groups is 1. The highest BCUT2D eigenvalue weighted by atomic mass is 35.5. The van der Waals surface area contributed by atoms with Gasteiger partial charge in [-0.1, -0.05) is 56.1 Å². The Bertz CT molecular complexity index is 1050. The smallest absolute Gasteiger partial charge is 0.273 e. The zero-order valence-corrected chi connectivity index (χ0v) is 22.7. The zero-order chi connectivity index (χ0) is 25.4. The van der Waals surface area contributed by atoms with E-state index in [4.69, 9.17) is 11.6 Å². The third kappa shape index (κ3) is 7.78. The van der Waals surface area contributed by atoms with Crippen molar-refractivity contribution in [2.75, 3.05) is 25.5 Å². The lowest BCUT2D eigenvalue weighted by Crippen LogP contribution is -2.22. The van der Waals surface area contributed by atoms with Gasteiger partial charge in [-0.15, -0.1) is 0 Å². The van der Waals surface area contributed by atoms with Crippen LogP contribution in [0.2, 0.25) is 5.02 Å². The molecule has 1 saturated heterocycles. The summed E-state index contributed by atoms with van der Waals surface area (Å²) < 4.78 is 0. The van der Waals surface area contributed by atoms with Gasteiger partial charge in [-0.2, -0.15) is 0 Å². The Morgan fingerprint density at radius 2 is 1.83 bits per heavy atom. The number of halogens is 1. The van der Waals surface area contributed by atoms with E-state index in [9.17, 15) is 4.79 Å². The highest BCUT2D eigenvalue weighted by molar-refractivity contribution is 6.47. The van der Waals surface area contributed by atoms with Gasteiger partial charge in [0.1, 0.15) is 5.71 Å². The normalized spacial score (nSPS) is 16.1. The van der Waals surface area contributed by atoms with Crippen LogP contribution >= 0.6 is 11.6 Å². The molecule has 1 heterocycles. The van der Waals surface area contributed by atoms with Gasteiger partial charge in [0.15, 0.2) is 0 Å². The molecule has 0 aromatic heterocycles. The first-order valence-electron chi connectivity index (χ1n) is 12.9. The van der Waals surface area contributed by atoms with Crippen LogP contribution in [0.5, 0.6) is 0 Å². The predicted octanol–water partition coefficient (Wildman–Crippen LogP) is 7.28. The van der Waals surface area contributed by atoms with Crippen molar-refractivity contribution in [3.05, 3.63) is 75.8 Å². The largest absolute Gasteiger partial charge is 0.321 e. The second-order valence-corrected chi connectivity index (χ2v) is 10.4. The molecule has 0 saturated carbocycles. The van der Waals surface area contributed by atoms with Gasteiger partial charge in [0.05, 0.1) is 0 Å². The van der Waals surface area contributed by atoms with Crippen molar-refractivity contribution in [3.63, 3.8) is 0 Å². The van der Waals surface area contributed by atoms with E-state index in [1.54, 1.807) is 7.05 Å². The number of aryl methyl sites for hydroxylation is 1. The van der Waals surface area contributed by atoms with Gasteiger partial charge in [-0.05, 0) is 98.6 Å². The number of hydrogen-bond acceptors (Lipinski definition) is 3. The van der Waals surface area contributed by atoms with Gasteiger partial charge >= 0.3 is 0 Å². The quantitative estimate of drug-likeness (QED) is 0.353. The number of benzene rings is 2. The molecule has 2 aromatic rings. The van der Waals surface area contributed by atoms with Crippen molar-refractivity contribution >= 4 is 28.9 Å². The molecule has 4 nitrogen and oxygen atoms in total. The molecule has 1 atom stereocenters. The average Bonchev–Trinajstić information content (AvgIpc) is 3.35. The lowest BCUT2D eigenvalue weighted by Gasteiger charge is -2.24. The minimum Gasteiger partial charge on any atom is -0.321 e. The molecule has 0 aliphatic carbocycles. The number of rotatable bonds is 10. The third-order valence-electron chi connectivity index (χ3n) is 6.77. The fourth-order valence-electron chi connectivity index (χ4n) is 4.89. The Labute approximate surface area is 216 Å². The summed E-state index contributed by atoms with van der Waals surface area (Å²) in [4.78, 5) is 19.9. The number of likely N-dealkylation sites (tertiary alicyclic amines) is 1. The van der Waals surface area contributed by atoms with Gasteiger partial charge in [0.2, 0.25) is 0 Å². The van der Waals surface area contributed by atoms with E-state index in [1.165, 1.54) is 42.6 Å². The van der Waals surface area contributed by atoms with E-state index in [0.717, 1.165) is 35.7 Å². The second kappa shape index (κ2) is 13.0. The molecule has 0 bridgehead atoms. The van der Waals surface area contributed by atoms with Crippen molar-refractivity contribution in [2.24, 2.45) is 10.9 Å². The van der Waals surface area contributed by atoms with Crippen LogP contribution in [-0.4, -0.2) is 36.7 Å². The van der Waals surface area contributed by atoms with E-state index in [-0.39, 0.29) is 11.8 Å². The fraction of sp³-hybridized carbons (Fsp3) is 0.467. The average molecular weight is 494 g/mol. The third-order valence-corrected chi connectivity index (χ3v) is 7.01. The maximum absolute atomic E-state index is 13.1. The van der Waals surface area contributed by atoms with E-state index in [1.807, 2.05) is 24.3 Å². The van der Waals surface area contributed by atoms with E-state index >= 15 is 0 Å². The standard InChI is InChI=1S/C30H40ClN3O/c1-6-24-19-25(31)11-14-27(24)28(17-21(2)3)22(4)18-29(32-5)30(35)33-26-12-9-23(10-13-26)20-34-15-7-8-16-34/h9-14,18-19,21,28H,6-8,15-17,20H2,1-5H3,(H,33,35)/b22-18+,32-29?. The highest BCUT2D eigenvalue weighted by Crippen LogP contribution is 2.34. The molecule has 0 spiro atoms. The Morgan fingerprint density at radius 3 is 2.43 bits per heavy atom. The van der Waals surface area contributed by atoms with E-state index in [2.05, 4.69) is 67.2 Å². The molecule has 1 aliphatic rings. The first-order valence-corrected chi connectivity index (χ1v) is 13.2. The van der Waals surface area contributed by atoms with Crippen molar-refractivity contribution < 1.29 is 4.79 Å². The SMILES string of the molecule is CCc1cc(Cl)ccc1C(CC(C)C)/C(C)=C/C(=NC)C(=O)Nc1ccc(CN2CCCC2)cc1. The monoisotopic (exact) mass is 493 g/mol. The molecule has 35 heavy (non-hydrogen) atoms. The summed E-state index contributed by atoms with van der Waals surface area (Å²) in [5, 5.41) is 3.78. The van der Waals surface area contributed by atoms with Crippen LogP contribution in [0.25, 0.3) is 0 Å². The molecule has 188 valence electrons. The Morgan fingerprint density at radius 1 is 1.14 bits per heavy atom. The molecule has 1 amide bonds.